The minimum atomic E-state index is -0.819. The van der Waals surface area contributed by atoms with Crippen LogP contribution in [0.3, 0.4) is 0 Å². The van der Waals surface area contributed by atoms with Gasteiger partial charge in [0.15, 0.2) is 0 Å². The smallest absolute Gasteiger partial charge is 0.323 e. The maximum Gasteiger partial charge on any atom is 0.323 e. The topological polar surface area (TPSA) is 62.7 Å². The molecule has 2 rings (SSSR count). The zero-order valence-electron chi connectivity index (χ0n) is 10.8. The first-order valence-electron chi connectivity index (χ1n) is 6.01. The molecule has 2 atom stereocenters. The van der Waals surface area contributed by atoms with Crippen molar-refractivity contribution in [1.82, 2.24) is 9.88 Å². The molecule has 100 valence electrons. The van der Waals surface area contributed by atoms with Gasteiger partial charge in [-0.1, -0.05) is 0 Å². The zero-order valence-corrected chi connectivity index (χ0v) is 11.7. The summed E-state index contributed by atoms with van der Waals surface area (Å²) in [6, 6.07) is -0.489. The largest absolute Gasteiger partial charge is 0.480 e. The third-order valence-corrected chi connectivity index (χ3v) is 4.51. The van der Waals surface area contributed by atoms with Gasteiger partial charge in [-0.2, -0.15) is 0 Å². The van der Waals surface area contributed by atoms with Gasteiger partial charge in [-0.15, -0.1) is 11.3 Å². The van der Waals surface area contributed by atoms with Gasteiger partial charge in [-0.05, 0) is 20.8 Å². The Hall–Kier alpha value is -0.980. The van der Waals surface area contributed by atoms with E-state index < -0.39 is 12.0 Å². The number of nitrogens with zero attached hydrogens (tertiary/aromatic N) is 2. The number of thiazole rings is 1. The molecule has 1 N–H and O–H groups in total. The summed E-state index contributed by atoms with van der Waals surface area (Å²) in [7, 11) is 0. The van der Waals surface area contributed by atoms with Crippen LogP contribution in [0.1, 0.15) is 28.5 Å². The van der Waals surface area contributed by atoms with E-state index in [1.807, 2.05) is 25.7 Å². The van der Waals surface area contributed by atoms with Gasteiger partial charge >= 0.3 is 5.97 Å². The number of carboxylic acid groups (broad SMARTS) is 1. The van der Waals surface area contributed by atoms with E-state index >= 15 is 0 Å². The van der Waals surface area contributed by atoms with Crippen LogP contribution in [0.2, 0.25) is 0 Å². The normalized spacial score (nSPS) is 22.9. The molecular formula is C12H18N2O3S. The number of aryl methyl sites for hydroxylation is 2. The molecule has 5 nitrogen and oxygen atoms in total. The summed E-state index contributed by atoms with van der Waals surface area (Å²) >= 11 is 1.64. The van der Waals surface area contributed by atoms with Crippen LogP contribution in [0.25, 0.3) is 0 Å². The minimum absolute atomic E-state index is 0.0706. The molecule has 2 heterocycles. The first-order valence-corrected chi connectivity index (χ1v) is 6.82. The molecule has 1 aliphatic heterocycles. The summed E-state index contributed by atoms with van der Waals surface area (Å²) in [6.07, 6.45) is 0. The summed E-state index contributed by atoms with van der Waals surface area (Å²) in [6.45, 7) is 7.49. The maximum atomic E-state index is 11.3. The van der Waals surface area contributed by atoms with E-state index in [-0.39, 0.29) is 12.6 Å². The molecule has 6 heteroatoms. The standard InChI is InChI=1S/C12H18N2O3S/c1-7-11(18-9(3)13-7)8(2)14-4-5-17-6-10(14)12(15)16/h8,10H,4-6H2,1-3H3,(H,15,16). The molecule has 1 aliphatic rings. The number of carbonyl (C=O) groups is 1. The highest BCUT2D eigenvalue weighted by Crippen LogP contribution is 2.31. The van der Waals surface area contributed by atoms with E-state index in [1.54, 1.807) is 11.3 Å². The van der Waals surface area contributed by atoms with Gasteiger partial charge in [-0.25, -0.2) is 4.98 Å². The fourth-order valence-corrected chi connectivity index (χ4v) is 3.38. The molecule has 0 bridgehead atoms. The summed E-state index contributed by atoms with van der Waals surface area (Å²) in [5.41, 5.74) is 1.00. The Balaban J connectivity index is 2.23. The summed E-state index contributed by atoms with van der Waals surface area (Å²) in [5, 5.41) is 10.3. The van der Waals surface area contributed by atoms with E-state index in [9.17, 15) is 9.90 Å². The molecular weight excluding hydrogens is 252 g/mol. The minimum Gasteiger partial charge on any atom is -0.480 e. The van der Waals surface area contributed by atoms with Crippen LogP contribution in [-0.2, 0) is 9.53 Å². The number of hydrogen-bond acceptors (Lipinski definition) is 5. The highest BCUT2D eigenvalue weighted by atomic mass is 32.1. The number of ether oxygens (including phenoxy) is 1. The average molecular weight is 270 g/mol. The lowest BCUT2D eigenvalue weighted by Crippen LogP contribution is -2.50. The maximum absolute atomic E-state index is 11.3. The second-order valence-corrected chi connectivity index (χ2v) is 5.76. The van der Waals surface area contributed by atoms with Crippen molar-refractivity contribution in [3.05, 3.63) is 15.6 Å². The number of hydrogen-bond donors (Lipinski definition) is 1. The molecule has 1 aromatic rings. The highest BCUT2D eigenvalue weighted by molar-refractivity contribution is 7.11. The van der Waals surface area contributed by atoms with Crippen molar-refractivity contribution < 1.29 is 14.6 Å². The number of carboxylic acids is 1. The number of rotatable bonds is 3. The first-order chi connectivity index (χ1) is 8.50. The third-order valence-electron chi connectivity index (χ3n) is 3.27. The third kappa shape index (κ3) is 2.55. The van der Waals surface area contributed by atoms with E-state index in [0.717, 1.165) is 15.6 Å². The number of morpholine rings is 1. The van der Waals surface area contributed by atoms with Gasteiger partial charge in [0.2, 0.25) is 0 Å². The Bertz CT molecular complexity index is 447. The monoisotopic (exact) mass is 270 g/mol. The molecule has 0 spiro atoms. The van der Waals surface area contributed by atoms with Gasteiger partial charge in [-0.3, -0.25) is 9.69 Å². The van der Waals surface area contributed by atoms with Crippen LogP contribution in [0.4, 0.5) is 0 Å². The van der Waals surface area contributed by atoms with Gasteiger partial charge in [0.05, 0.1) is 23.9 Å². The molecule has 0 saturated carbocycles. The van der Waals surface area contributed by atoms with Crippen molar-refractivity contribution in [2.24, 2.45) is 0 Å². The molecule has 0 radical (unpaired) electrons. The Kier molecular flexibility index (Phi) is 3.99. The van der Waals surface area contributed by atoms with E-state index in [2.05, 4.69) is 4.98 Å². The molecule has 18 heavy (non-hydrogen) atoms. The quantitative estimate of drug-likeness (QED) is 0.904. The highest BCUT2D eigenvalue weighted by Gasteiger charge is 2.34. The number of aromatic nitrogens is 1. The van der Waals surface area contributed by atoms with Crippen LogP contribution >= 0.6 is 11.3 Å². The summed E-state index contributed by atoms with van der Waals surface area (Å²) in [4.78, 5) is 18.8. The van der Waals surface area contributed by atoms with Crippen molar-refractivity contribution in [2.45, 2.75) is 32.9 Å². The predicted octanol–water partition coefficient (Wildman–Crippen LogP) is 1.61. The molecule has 1 fully saturated rings. The Morgan fingerprint density at radius 1 is 1.61 bits per heavy atom. The van der Waals surface area contributed by atoms with Crippen molar-refractivity contribution in [1.29, 1.82) is 0 Å². The Labute approximate surface area is 110 Å². The number of aliphatic carboxylic acids is 1. The Morgan fingerprint density at radius 2 is 2.33 bits per heavy atom. The lowest BCUT2D eigenvalue weighted by atomic mass is 10.1. The fourth-order valence-electron chi connectivity index (χ4n) is 2.38. The molecule has 1 aromatic heterocycles. The van der Waals surface area contributed by atoms with Crippen LogP contribution in [0.5, 0.6) is 0 Å². The van der Waals surface area contributed by atoms with Crippen molar-refractivity contribution >= 4 is 17.3 Å². The van der Waals surface area contributed by atoms with Crippen molar-refractivity contribution in [3.8, 4) is 0 Å². The lowest BCUT2D eigenvalue weighted by molar-refractivity contribution is -0.151. The first kappa shape index (κ1) is 13.5. The molecule has 0 aromatic carbocycles. The molecule has 1 saturated heterocycles. The summed E-state index contributed by atoms with van der Waals surface area (Å²) < 4.78 is 5.26. The van der Waals surface area contributed by atoms with Gasteiger partial charge < -0.3 is 9.84 Å². The predicted molar refractivity (Wildman–Crippen MR) is 69.0 cm³/mol. The zero-order chi connectivity index (χ0) is 13.3. The van der Waals surface area contributed by atoms with Crippen LogP contribution in [0, 0.1) is 13.8 Å². The van der Waals surface area contributed by atoms with E-state index in [1.165, 1.54) is 0 Å². The van der Waals surface area contributed by atoms with Gasteiger partial charge in [0.25, 0.3) is 0 Å². The van der Waals surface area contributed by atoms with Crippen molar-refractivity contribution in [3.63, 3.8) is 0 Å². The SMILES string of the molecule is Cc1nc(C)c(C(C)N2CCOCC2C(=O)O)s1. The fraction of sp³-hybridized carbons (Fsp3) is 0.667. The van der Waals surface area contributed by atoms with Crippen molar-refractivity contribution in [2.75, 3.05) is 19.8 Å². The van der Waals surface area contributed by atoms with Gasteiger partial charge in [0.1, 0.15) is 6.04 Å². The van der Waals surface area contributed by atoms with E-state index in [0.29, 0.717) is 13.2 Å². The molecule has 2 unspecified atom stereocenters. The van der Waals surface area contributed by atoms with Gasteiger partial charge in [0, 0.05) is 17.5 Å². The average Bonchev–Trinajstić information content (AvgIpc) is 2.67. The van der Waals surface area contributed by atoms with Crippen LogP contribution < -0.4 is 0 Å². The Morgan fingerprint density at radius 3 is 2.89 bits per heavy atom. The van der Waals surface area contributed by atoms with E-state index in [4.69, 9.17) is 4.74 Å². The second kappa shape index (κ2) is 5.34. The lowest BCUT2D eigenvalue weighted by Gasteiger charge is -2.37. The second-order valence-electron chi connectivity index (χ2n) is 4.53. The molecule has 0 amide bonds. The summed E-state index contributed by atoms with van der Waals surface area (Å²) in [5.74, 6) is -0.819. The van der Waals surface area contributed by atoms with Crippen LogP contribution in [-0.4, -0.2) is 46.8 Å². The molecule has 0 aliphatic carbocycles. The van der Waals surface area contributed by atoms with Crippen LogP contribution in [0.15, 0.2) is 0 Å².